The zero-order valence-electron chi connectivity index (χ0n) is 10.6. The van der Waals surface area contributed by atoms with E-state index in [9.17, 15) is 4.79 Å². The van der Waals surface area contributed by atoms with Gasteiger partial charge in [-0.15, -0.1) is 0 Å². The SMILES string of the molecule is COCCC(C)Nc1ccc(N)c(C(C)=O)c1. The first-order valence-electron chi connectivity index (χ1n) is 5.70. The minimum atomic E-state index is -0.0179. The molecular formula is C13H20N2O2. The summed E-state index contributed by atoms with van der Waals surface area (Å²) in [5, 5.41) is 3.31. The van der Waals surface area contributed by atoms with Gasteiger partial charge in [0.25, 0.3) is 0 Å². The number of carbonyl (C=O) groups is 1. The second-order valence-electron chi connectivity index (χ2n) is 4.19. The number of hydrogen-bond acceptors (Lipinski definition) is 4. The third-order valence-electron chi connectivity index (χ3n) is 2.60. The van der Waals surface area contributed by atoms with Crippen LogP contribution in [0.5, 0.6) is 0 Å². The number of hydrogen-bond donors (Lipinski definition) is 2. The van der Waals surface area contributed by atoms with Crippen LogP contribution in [0.4, 0.5) is 11.4 Å². The first-order chi connectivity index (χ1) is 8.04. The Hall–Kier alpha value is -1.55. The Kier molecular flexibility index (Phi) is 4.97. The van der Waals surface area contributed by atoms with E-state index in [0.29, 0.717) is 23.9 Å². The lowest BCUT2D eigenvalue weighted by molar-refractivity contribution is 0.101. The highest BCUT2D eigenvalue weighted by Crippen LogP contribution is 2.19. The molecule has 1 aromatic carbocycles. The average Bonchev–Trinajstić information content (AvgIpc) is 2.28. The van der Waals surface area contributed by atoms with Crippen LogP contribution in [-0.2, 0) is 4.74 Å². The Morgan fingerprint density at radius 3 is 2.82 bits per heavy atom. The standard InChI is InChI=1S/C13H20N2O2/c1-9(6-7-17-3)15-11-4-5-13(14)12(8-11)10(2)16/h4-5,8-9,15H,6-7,14H2,1-3H3. The molecule has 0 amide bonds. The van der Waals surface area contributed by atoms with Crippen molar-refractivity contribution in [2.75, 3.05) is 24.8 Å². The van der Waals surface area contributed by atoms with Crippen LogP contribution in [0.2, 0.25) is 0 Å². The van der Waals surface area contributed by atoms with Gasteiger partial charge < -0.3 is 15.8 Å². The molecule has 0 spiro atoms. The van der Waals surface area contributed by atoms with Crippen molar-refractivity contribution in [1.82, 2.24) is 0 Å². The second kappa shape index (κ2) is 6.25. The monoisotopic (exact) mass is 236 g/mol. The summed E-state index contributed by atoms with van der Waals surface area (Å²) in [5.41, 5.74) is 7.73. The van der Waals surface area contributed by atoms with E-state index in [0.717, 1.165) is 12.1 Å². The molecule has 17 heavy (non-hydrogen) atoms. The molecule has 0 saturated heterocycles. The molecule has 4 heteroatoms. The molecule has 0 aliphatic heterocycles. The van der Waals surface area contributed by atoms with Gasteiger partial charge in [0.1, 0.15) is 0 Å². The molecule has 0 bridgehead atoms. The lowest BCUT2D eigenvalue weighted by Crippen LogP contribution is -2.17. The van der Waals surface area contributed by atoms with E-state index in [1.807, 2.05) is 6.07 Å². The molecule has 94 valence electrons. The molecule has 0 radical (unpaired) electrons. The summed E-state index contributed by atoms with van der Waals surface area (Å²) < 4.78 is 5.02. The Bertz CT molecular complexity index is 391. The smallest absolute Gasteiger partial charge is 0.161 e. The number of methoxy groups -OCH3 is 1. The highest BCUT2D eigenvalue weighted by Gasteiger charge is 2.07. The van der Waals surface area contributed by atoms with Gasteiger partial charge in [0.05, 0.1) is 0 Å². The van der Waals surface area contributed by atoms with E-state index in [-0.39, 0.29) is 5.78 Å². The van der Waals surface area contributed by atoms with Crippen LogP contribution >= 0.6 is 0 Å². The van der Waals surface area contributed by atoms with Crippen molar-refractivity contribution in [2.45, 2.75) is 26.3 Å². The van der Waals surface area contributed by atoms with Gasteiger partial charge in [0.2, 0.25) is 0 Å². The van der Waals surface area contributed by atoms with Crippen LogP contribution in [0, 0.1) is 0 Å². The van der Waals surface area contributed by atoms with Gasteiger partial charge in [-0.2, -0.15) is 0 Å². The fourth-order valence-corrected chi connectivity index (χ4v) is 1.60. The number of Topliss-reactive ketones (excluding diaryl/α,β-unsaturated/α-hetero) is 1. The van der Waals surface area contributed by atoms with Gasteiger partial charge in [-0.05, 0) is 38.5 Å². The third-order valence-corrected chi connectivity index (χ3v) is 2.60. The highest BCUT2D eigenvalue weighted by atomic mass is 16.5. The number of anilines is 2. The average molecular weight is 236 g/mol. The summed E-state index contributed by atoms with van der Waals surface area (Å²) in [6, 6.07) is 5.71. The predicted molar refractivity (Wildman–Crippen MR) is 70.4 cm³/mol. The number of nitrogens with one attached hydrogen (secondary N) is 1. The van der Waals surface area contributed by atoms with E-state index >= 15 is 0 Å². The summed E-state index contributed by atoms with van der Waals surface area (Å²) in [7, 11) is 1.68. The van der Waals surface area contributed by atoms with E-state index in [4.69, 9.17) is 10.5 Å². The summed E-state index contributed by atoms with van der Waals surface area (Å²) in [6.45, 7) is 4.30. The van der Waals surface area contributed by atoms with Crippen molar-refractivity contribution in [1.29, 1.82) is 0 Å². The number of nitrogen functional groups attached to an aromatic ring is 1. The van der Waals surface area contributed by atoms with E-state index in [1.54, 1.807) is 19.2 Å². The van der Waals surface area contributed by atoms with Crippen molar-refractivity contribution >= 4 is 17.2 Å². The molecule has 4 nitrogen and oxygen atoms in total. The van der Waals surface area contributed by atoms with Gasteiger partial charge in [-0.1, -0.05) is 0 Å². The molecule has 0 aliphatic rings. The fraction of sp³-hybridized carbons (Fsp3) is 0.462. The Labute approximate surface area is 102 Å². The van der Waals surface area contributed by atoms with Gasteiger partial charge >= 0.3 is 0 Å². The topological polar surface area (TPSA) is 64.3 Å². The predicted octanol–water partition coefficient (Wildman–Crippen LogP) is 2.31. The molecule has 1 unspecified atom stereocenters. The number of rotatable bonds is 6. The fourth-order valence-electron chi connectivity index (χ4n) is 1.60. The van der Waals surface area contributed by atoms with E-state index < -0.39 is 0 Å². The summed E-state index contributed by atoms with van der Waals surface area (Å²) >= 11 is 0. The van der Waals surface area contributed by atoms with Crippen LogP contribution in [0.15, 0.2) is 18.2 Å². The maximum Gasteiger partial charge on any atom is 0.161 e. The molecule has 3 N–H and O–H groups in total. The Morgan fingerprint density at radius 1 is 1.53 bits per heavy atom. The van der Waals surface area contributed by atoms with Crippen LogP contribution in [0.3, 0.4) is 0 Å². The molecule has 0 aliphatic carbocycles. The maximum atomic E-state index is 11.3. The van der Waals surface area contributed by atoms with Crippen molar-refractivity contribution in [2.24, 2.45) is 0 Å². The van der Waals surface area contributed by atoms with Crippen LogP contribution in [-0.4, -0.2) is 25.5 Å². The largest absolute Gasteiger partial charge is 0.398 e. The first-order valence-corrected chi connectivity index (χ1v) is 5.70. The van der Waals surface area contributed by atoms with Crippen LogP contribution in [0.25, 0.3) is 0 Å². The first kappa shape index (κ1) is 13.5. The number of nitrogens with two attached hydrogens (primary N) is 1. The molecule has 1 atom stereocenters. The zero-order valence-corrected chi connectivity index (χ0v) is 10.6. The summed E-state index contributed by atoms with van der Waals surface area (Å²) in [4.78, 5) is 11.3. The number of ether oxygens (including phenoxy) is 1. The molecule has 0 heterocycles. The quantitative estimate of drug-likeness (QED) is 0.587. The normalized spacial score (nSPS) is 12.2. The maximum absolute atomic E-state index is 11.3. The highest BCUT2D eigenvalue weighted by molar-refractivity contribution is 6.00. The van der Waals surface area contributed by atoms with Crippen molar-refractivity contribution in [3.63, 3.8) is 0 Å². The van der Waals surface area contributed by atoms with Gasteiger partial charge in [0.15, 0.2) is 5.78 Å². The summed E-state index contributed by atoms with van der Waals surface area (Å²) in [6.07, 6.45) is 0.913. The lowest BCUT2D eigenvalue weighted by atomic mass is 10.1. The van der Waals surface area contributed by atoms with Gasteiger partial charge in [0, 0.05) is 36.7 Å². The van der Waals surface area contributed by atoms with Crippen molar-refractivity contribution in [3.05, 3.63) is 23.8 Å². The third kappa shape index (κ3) is 4.07. The molecule has 0 saturated carbocycles. The number of ketones is 1. The van der Waals surface area contributed by atoms with E-state index in [1.165, 1.54) is 6.92 Å². The molecule has 0 fully saturated rings. The zero-order chi connectivity index (χ0) is 12.8. The minimum absolute atomic E-state index is 0.0179. The van der Waals surface area contributed by atoms with Gasteiger partial charge in [-0.3, -0.25) is 4.79 Å². The Balaban J connectivity index is 2.72. The van der Waals surface area contributed by atoms with Crippen LogP contribution < -0.4 is 11.1 Å². The number of benzene rings is 1. The second-order valence-corrected chi connectivity index (χ2v) is 4.19. The minimum Gasteiger partial charge on any atom is -0.398 e. The van der Waals surface area contributed by atoms with Crippen LogP contribution in [0.1, 0.15) is 30.6 Å². The van der Waals surface area contributed by atoms with Crippen molar-refractivity contribution in [3.8, 4) is 0 Å². The van der Waals surface area contributed by atoms with E-state index in [2.05, 4.69) is 12.2 Å². The molecule has 1 aromatic rings. The summed E-state index contributed by atoms with van der Waals surface area (Å²) in [5.74, 6) is -0.0179. The Morgan fingerprint density at radius 2 is 2.24 bits per heavy atom. The van der Waals surface area contributed by atoms with Gasteiger partial charge in [-0.25, -0.2) is 0 Å². The molecule has 0 aromatic heterocycles. The lowest BCUT2D eigenvalue weighted by Gasteiger charge is -2.15. The molecule has 1 rings (SSSR count). The van der Waals surface area contributed by atoms with Crippen molar-refractivity contribution < 1.29 is 9.53 Å². The molecular weight excluding hydrogens is 216 g/mol. The number of carbonyl (C=O) groups excluding carboxylic acids is 1.